The molecule has 0 saturated carbocycles. The molecule has 0 unspecified atom stereocenters. The van der Waals surface area contributed by atoms with Crippen LogP contribution in [0.5, 0.6) is 0 Å². The molecule has 0 atom stereocenters. The summed E-state index contributed by atoms with van der Waals surface area (Å²) in [6, 6.07) is 3.39. The molecular formula is C13H16N2O2. The molecule has 90 valence electrons. The second-order valence-corrected chi connectivity index (χ2v) is 4.86. The van der Waals surface area contributed by atoms with Crippen molar-refractivity contribution in [1.29, 1.82) is 0 Å². The lowest BCUT2D eigenvalue weighted by molar-refractivity contribution is 0.0607. The number of imide groups is 1. The van der Waals surface area contributed by atoms with Crippen molar-refractivity contribution in [3.8, 4) is 0 Å². The number of carbonyl (C=O) groups is 2. The smallest absolute Gasteiger partial charge is 0.270 e. The fourth-order valence-corrected chi connectivity index (χ4v) is 1.94. The first kappa shape index (κ1) is 11.8. The van der Waals surface area contributed by atoms with Gasteiger partial charge in [-0.15, -0.1) is 0 Å². The van der Waals surface area contributed by atoms with Crippen molar-refractivity contribution in [2.75, 3.05) is 0 Å². The Bertz CT molecular complexity index is 492. The van der Waals surface area contributed by atoms with Crippen molar-refractivity contribution in [2.45, 2.75) is 39.7 Å². The fourth-order valence-electron chi connectivity index (χ4n) is 1.94. The summed E-state index contributed by atoms with van der Waals surface area (Å²) in [7, 11) is 0. The highest BCUT2D eigenvalue weighted by molar-refractivity contribution is 6.20. The molecule has 1 aliphatic heterocycles. The van der Waals surface area contributed by atoms with Gasteiger partial charge in [-0.2, -0.15) is 0 Å². The second-order valence-electron chi connectivity index (χ2n) is 4.86. The molecule has 2 rings (SSSR count). The van der Waals surface area contributed by atoms with Crippen LogP contribution in [-0.2, 0) is 0 Å². The van der Waals surface area contributed by atoms with Gasteiger partial charge in [0.05, 0.1) is 5.56 Å². The summed E-state index contributed by atoms with van der Waals surface area (Å²) in [5.74, 6) is -0.262. The molecule has 1 aliphatic rings. The van der Waals surface area contributed by atoms with Crippen LogP contribution in [0.3, 0.4) is 0 Å². The van der Waals surface area contributed by atoms with Gasteiger partial charge in [0.25, 0.3) is 11.8 Å². The van der Waals surface area contributed by atoms with Crippen molar-refractivity contribution < 1.29 is 9.59 Å². The van der Waals surface area contributed by atoms with E-state index >= 15 is 0 Å². The van der Waals surface area contributed by atoms with Crippen LogP contribution in [-0.4, -0.2) is 27.7 Å². The molecule has 1 aromatic rings. The summed E-state index contributed by atoms with van der Waals surface area (Å²) in [6.07, 6.45) is 0. The van der Waals surface area contributed by atoms with Crippen LogP contribution >= 0.6 is 0 Å². The van der Waals surface area contributed by atoms with Gasteiger partial charge >= 0.3 is 0 Å². The Kier molecular flexibility index (Phi) is 2.73. The highest BCUT2D eigenvalue weighted by Crippen LogP contribution is 2.25. The quantitative estimate of drug-likeness (QED) is 0.734. The Labute approximate surface area is 101 Å². The Morgan fingerprint density at radius 1 is 1.06 bits per heavy atom. The average Bonchev–Trinajstić information content (AvgIpc) is 2.51. The van der Waals surface area contributed by atoms with Gasteiger partial charge in [0.1, 0.15) is 5.69 Å². The molecule has 0 spiro atoms. The van der Waals surface area contributed by atoms with Crippen LogP contribution in [0.1, 0.15) is 60.2 Å². The minimum atomic E-state index is -0.275. The molecule has 17 heavy (non-hydrogen) atoms. The summed E-state index contributed by atoms with van der Waals surface area (Å²) in [4.78, 5) is 29.6. The van der Waals surface area contributed by atoms with Gasteiger partial charge in [-0.25, -0.2) is 4.98 Å². The van der Waals surface area contributed by atoms with Crippen molar-refractivity contribution in [3.05, 3.63) is 29.1 Å². The van der Waals surface area contributed by atoms with E-state index in [4.69, 9.17) is 0 Å². The number of rotatable bonds is 2. The Morgan fingerprint density at radius 3 is 2.24 bits per heavy atom. The van der Waals surface area contributed by atoms with E-state index in [2.05, 4.69) is 4.98 Å². The van der Waals surface area contributed by atoms with E-state index in [9.17, 15) is 9.59 Å². The monoisotopic (exact) mass is 232 g/mol. The van der Waals surface area contributed by atoms with Gasteiger partial charge in [0.2, 0.25) is 0 Å². The summed E-state index contributed by atoms with van der Waals surface area (Å²) in [5, 5.41) is 0. The lowest BCUT2D eigenvalue weighted by Crippen LogP contribution is -2.36. The van der Waals surface area contributed by atoms with E-state index in [-0.39, 0.29) is 23.8 Å². The number of aromatic nitrogens is 1. The zero-order valence-corrected chi connectivity index (χ0v) is 10.5. The SMILES string of the molecule is CC(C)c1ccc2c(n1)C(=O)N(C(C)C)C2=O. The zero-order chi connectivity index (χ0) is 12.7. The van der Waals surface area contributed by atoms with Crippen LogP contribution in [0.25, 0.3) is 0 Å². The van der Waals surface area contributed by atoms with Crippen LogP contribution in [0.4, 0.5) is 0 Å². The molecule has 2 amide bonds. The number of hydrogen-bond donors (Lipinski definition) is 0. The highest BCUT2D eigenvalue weighted by Gasteiger charge is 2.38. The maximum Gasteiger partial charge on any atom is 0.280 e. The van der Waals surface area contributed by atoms with Crippen LogP contribution in [0, 0.1) is 0 Å². The lowest BCUT2D eigenvalue weighted by atomic mass is 10.1. The Morgan fingerprint density at radius 2 is 1.71 bits per heavy atom. The van der Waals surface area contributed by atoms with E-state index in [0.717, 1.165) is 5.69 Å². The minimum Gasteiger partial charge on any atom is -0.270 e. The molecule has 2 heterocycles. The molecule has 0 radical (unpaired) electrons. The largest absolute Gasteiger partial charge is 0.280 e. The number of amides is 2. The second kappa shape index (κ2) is 3.95. The number of carbonyl (C=O) groups excluding carboxylic acids is 2. The maximum atomic E-state index is 12.1. The van der Waals surface area contributed by atoms with Gasteiger partial charge < -0.3 is 0 Å². The van der Waals surface area contributed by atoms with E-state index in [1.165, 1.54) is 4.90 Å². The molecule has 1 aromatic heterocycles. The lowest BCUT2D eigenvalue weighted by Gasteiger charge is -2.17. The normalized spacial score (nSPS) is 15.1. The molecule has 0 N–H and O–H groups in total. The Balaban J connectivity index is 2.51. The first-order valence-electron chi connectivity index (χ1n) is 5.82. The van der Waals surface area contributed by atoms with Crippen molar-refractivity contribution in [2.24, 2.45) is 0 Å². The predicted molar refractivity (Wildman–Crippen MR) is 64.0 cm³/mol. The molecule has 0 bridgehead atoms. The Hall–Kier alpha value is -1.71. The third-order valence-corrected chi connectivity index (χ3v) is 2.90. The third-order valence-electron chi connectivity index (χ3n) is 2.90. The van der Waals surface area contributed by atoms with Gasteiger partial charge in [-0.3, -0.25) is 14.5 Å². The first-order valence-corrected chi connectivity index (χ1v) is 5.82. The summed E-state index contributed by atoms with van der Waals surface area (Å²) >= 11 is 0. The van der Waals surface area contributed by atoms with Crippen molar-refractivity contribution in [3.63, 3.8) is 0 Å². The maximum absolute atomic E-state index is 12.1. The molecular weight excluding hydrogens is 216 g/mol. The number of fused-ring (bicyclic) bond motifs is 1. The summed E-state index contributed by atoms with van der Waals surface area (Å²) in [6.45, 7) is 7.67. The molecule has 4 nitrogen and oxygen atoms in total. The van der Waals surface area contributed by atoms with Gasteiger partial charge in [0, 0.05) is 11.7 Å². The summed E-state index contributed by atoms with van der Waals surface area (Å²) in [5.41, 5.74) is 1.57. The van der Waals surface area contributed by atoms with Crippen molar-refractivity contribution in [1.82, 2.24) is 9.88 Å². The standard InChI is InChI=1S/C13H16N2O2/c1-7(2)10-6-5-9-11(14-10)13(17)15(8(3)4)12(9)16/h5-8H,1-4H3. The fraction of sp³-hybridized carbons (Fsp3) is 0.462. The number of nitrogens with zero attached hydrogens (tertiary/aromatic N) is 2. The van der Waals surface area contributed by atoms with Crippen LogP contribution in [0.15, 0.2) is 12.1 Å². The molecule has 0 aromatic carbocycles. The number of hydrogen-bond acceptors (Lipinski definition) is 3. The van der Waals surface area contributed by atoms with E-state index < -0.39 is 0 Å². The van der Waals surface area contributed by atoms with E-state index in [1.54, 1.807) is 6.07 Å². The molecule has 0 aliphatic carbocycles. The van der Waals surface area contributed by atoms with E-state index in [0.29, 0.717) is 11.3 Å². The minimum absolute atomic E-state index is 0.133. The van der Waals surface area contributed by atoms with Crippen LogP contribution in [0.2, 0.25) is 0 Å². The highest BCUT2D eigenvalue weighted by atomic mass is 16.2. The summed E-state index contributed by atoms with van der Waals surface area (Å²) < 4.78 is 0. The number of pyridine rings is 1. The molecule has 0 saturated heterocycles. The predicted octanol–water partition coefficient (Wildman–Crippen LogP) is 2.21. The molecule has 4 heteroatoms. The van der Waals surface area contributed by atoms with Crippen molar-refractivity contribution >= 4 is 11.8 Å². The first-order chi connectivity index (χ1) is 7.93. The van der Waals surface area contributed by atoms with Gasteiger partial charge in [-0.05, 0) is 31.9 Å². The topological polar surface area (TPSA) is 50.3 Å². The van der Waals surface area contributed by atoms with Gasteiger partial charge in [0.15, 0.2) is 0 Å². The average molecular weight is 232 g/mol. The molecule has 0 fully saturated rings. The van der Waals surface area contributed by atoms with Crippen LogP contribution < -0.4 is 0 Å². The van der Waals surface area contributed by atoms with Gasteiger partial charge in [-0.1, -0.05) is 13.8 Å². The zero-order valence-electron chi connectivity index (χ0n) is 10.5. The van der Waals surface area contributed by atoms with E-state index in [1.807, 2.05) is 33.8 Å². The third kappa shape index (κ3) is 1.73.